The molecule has 3 rings (SSSR count). The summed E-state index contributed by atoms with van der Waals surface area (Å²) in [5, 5.41) is 24.0. The Hall–Kier alpha value is -3.22. The number of hydrogen-bond donors (Lipinski definition) is 2. The smallest absolute Gasteiger partial charge is 0.358 e. The lowest BCUT2D eigenvalue weighted by atomic mass is 10.2. The number of hydrogen-bond acceptors (Lipinski definition) is 8. The van der Waals surface area contributed by atoms with Crippen molar-refractivity contribution < 1.29 is 19.0 Å². The van der Waals surface area contributed by atoms with Crippen molar-refractivity contribution in [1.82, 2.24) is 30.6 Å². The van der Waals surface area contributed by atoms with E-state index >= 15 is 0 Å². The first-order valence-electron chi connectivity index (χ1n) is 8.88. The molecule has 0 aliphatic rings. The highest BCUT2D eigenvalue weighted by Gasteiger charge is 2.25. The maximum atomic E-state index is 12.1. The van der Waals surface area contributed by atoms with Gasteiger partial charge in [0.1, 0.15) is 6.54 Å². The van der Waals surface area contributed by atoms with Gasteiger partial charge in [-0.1, -0.05) is 40.0 Å². The van der Waals surface area contributed by atoms with Gasteiger partial charge in [0, 0.05) is 18.1 Å². The fourth-order valence-corrected chi connectivity index (χ4v) is 3.22. The molecule has 12 nitrogen and oxygen atoms in total. The number of nitro groups is 1. The Morgan fingerprint density at radius 1 is 1.19 bits per heavy atom. The average molecular weight is 503 g/mol. The molecule has 1 aromatic carbocycles. The maximum Gasteiger partial charge on any atom is 0.408 e. The van der Waals surface area contributed by atoms with Crippen LogP contribution in [0.1, 0.15) is 32.6 Å². The number of aromatic nitrogens is 4. The summed E-state index contributed by atoms with van der Waals surface area (Å²) in [5.41, 5.74) is 0.587. The summed E-state index contributed by atoms with van der Waals surface area (Å²) in [6.07, 6.45) is 0. The molecule has 0 fully saturated rings. The summed E-state index contributed by atoms with van der Waals surface area (Å²) < 4.78 is 6.13. The van der Waals surface area contributed by atoms with Crippen molar-refractivity contribution in [2.75, 3.05) is 13.1 Å². The molecule has 0 atom stereocenters. The second-order valence-corrected chi connectivity index (χ2v) is 7.51. The topological polar surface area (TPSA) is 158 Å². The molecule has 0 unspecified atom stereocenters. The Morgan fingerprint density at radius 3 is 2.50 bits per heavy atom. The summed E-state index contributed by atoms with van der Waals surface area (Å²) >= 11 is 17.7. The zero-order valence-corrected chi connectivity index (χ0v) is 18.5. The van der Waals surface area contributed by atoms with E-state index in [2.05, 4.69) is 25.9 Å². The second kappa shape index (κ2) is 9.94. The normalized spacial score (nSPS) is 10.8. The third-order valence-corrected chi connectivity index (χ3v) is 5.11. The highest BCUT2D eigenvalue weighted by molar-refractivity contribution is 6.36. The van der Waals surface area contributed by atoms with Gasteiger partial charge >= 0.3 is 17.6 Å². The lowest BCUT2D eigenvalue weighted by Gasteiger charge is -2.07. The first-order chi connectivity index (χ1) is 15.2. The number of benzene rings is 1. The standard InChI is InChI=1S/C17H14Cl3N7O5/c1-8-13(20)14(27(30)31)24-26(8)7-12-23-17(32-25-12)16(29)22-5-4-21-15(28)10-3-2-9(18)6-11(10)19/h2-3,6H,4-5,7H2,1H3,(H,21,28)(H,22,29). The van der Waals surface area contributed by atoms with E-state index in [1.807, 2.05) is 0 Å². The molecule has 15 heteroatoms. The predicted octanol–water partition coefficient (Wildman–Crippen LogP) is 2.65. The first kappa shape index (κ1) is 23.4. The second-order valence-electron chi connectivity index (χ2n) is 6.29. The van der Waals surface area contributed by atoms with Gasteiger partial charge in [-0.3, -0.25) is 9.59 Å². The molecule has 0 saturated carbocycles. The Bertz CT molecular complexity index is 1190. The van der Waals surface area contributed by atoms with Crippen molar-refractivity contribution in [2.24, 2.45) is 0 Å². The van der Waals surface area contributed by atoms with E-state index in [9.17, 15) is 19.7 Å². The molecule has 0 spiro atoms. The highest BCUT2D eigenvalue weighted by Crippen LogP contribution is 2.26. The molecule has 0 aliphatic heterocycles. The molecule has 3 aromatic rings. The van der Waals surface area contributed by atoms with Crippen molar-refractivity contribution >= 4 is 52.4 Å². The number of nitrogens with one attached hydrogen (secondary N) is 2. The molecule has 0 aliphatic carbocycles. The van der Waals surface area contributed by atoms with Crippen molar-refractivity contribution in [3.05, 3.63) is 66.4 Å². The van der Waals surface area contributed by atoms with Gasteiger partial charge in [-0.05, 0) is 30.0 Å². The number of carbonyl (C=O) groups excluding carboxylic acids is 2. The first-order valence-corrected chi connectivity index (χ1v) is 10.0. The van der Waals surface area contributed by atoms with Crippen LogP contribution in [0, 0.1) is 17.0 Å². The lowest BCUT2D eigenvalue weighted by Crippen LogP contribution is -2.35. The van der Waals surface area contributed by atoms with E-state index in [-0.39, 0.29) is 47.0 Å². The molecule has 2 N–H and O–H groups in total. The van der Waals surface area contributed by atoms with E-state index in [1.54, 1.807) is 6.92 Å². The van der Waals surface area contributed by atoms with Crippen LogP contribution in [0.15, 0.2) is 22.7 Å². The minimum Gasteiger partial charge on any atom is -0.358 e. The van der Waals surface area contributed by atoms with Crippen LogP contribution in [0.2, 0.25) is 15.1 Å². The van der Waals surface area contributed by atoms with Crippen LogP contribution in [-0.4, -0.2) is 49.7 Å². The fraction of sp³-hybridized carbons (Fsp3) is 0.235. The van der Waals surface area contributed by atoms with Gasteiger partial charge in [-0.2, -0.15) is 9.67 Å². The molecule has 2 amide bonds. The molecule has 0 bridgehead atoms. The Kier molecular flexibility index (Phi) is 7.28. The quantitative estimate of drug-likeness (QED) is 0.270. The van der Waals surface area contributed by atoms with Crippen molar-refractivity contribution in [1.29, 1.82) is 0 Å². The Morgan fingerprint density at radius 2 is 1.88 bits per heavy atom. The zero-order chi connectivity index (χ0) is 23.4. The predicted molar refractivity (Wildman–Crippen MR) is 113 cm³/mol. The number of nitrogens with zero attached hydrogens (tertiary/aromatic N) is 5. The largest absolute Gasteiger partial charge is 0.408 e. The highest BCUT2D eigenvalue weighted by atomic mass is 35.5. The van der Waals surface area contributed by atoms with Crippen molar-refractivity contribution in [2.45, 2.75) is 13.5 Å². The van der Waals surface area contributed by atoms with Crippen LogP contribution in [0.25, 0.3) is 0 Å². The summed E-state index contributed by atoms with van der Waals surface area (Å²) in [5.74, 6) is -1.84. The third kappa shape index (κ3) is 5.33. The van der Waals surface area contributed by atoms with E-state index in [1.165, 1.54) is 22.9 Å². The molecule has 0 radical (unpaired) electrons. The van der Waals surface area contributed by atoms with Gasteiger partial charge in [0.15, 0.2) is 10.8 Å². The average Bonchev–Trinajstić information content (AvgIpc) is 3.31. The lowest BCUT2D eigenvalue weighted by molar-refractivity contribution is -0.389. The summed E-state index contributed by atoms with van der Waals surface area (Å²) in [6, 6.07) is 4.47. The van der Waals surface area contributed by atoms with E-state index in [0.717, 1.165) is 0 Å². The van der Waals surface area contributed by atoms with Crippen LogP contribution in [0.4, 0.5) is 5.82 Å². The molecule has 168 valence electrons. The van der Waals surface area contributed by atoms with Crippen molar-refractivity contribution in [3.8, 4) is 0 Å². The molecule has 0 saturated heterocycles. The van der Waals surface area contributed by atoms with E-state index in [4.69, 9.17) is 39.3 Å². The van der Waals surface area contributed by atoms with Crippen LogP contribution < -0.4 is 10.6 Å². The molecular formula is C17H14Cl3N7O5. The molecule has 2 aromatic heterocycles. The summed E-state index contributed by atoms with van der Waals surface area (Å²) in [4.78, 5) is 38.4. The van der Waals surface area contributed by atoms with Gasteiger partial charge in [0.25, 0.3) is 5.91 Å². The van der Waals surface area contributed by atoms with E-state index < -0.39 is 22.6 Å². The number of amides is 2. The van der Waals surface area contributed by atoms with Crippen molar-refractivity contribution in [3.63, 3.8) is 0 Å². The molecule has 32 heavy (non-hydrogen) atoms. The number of carbonyl (C=O) groups is 2. The van der Waals surface area contributed by atoms with Gasteiger partial charge in [0.2, 0.25) is 0 Å². The fourth-order valence-electron chi connectivity index (χ4n) is 2.52. The monoisotopic (exact) mass is 501 g/mol. The van der Waals surface area contributed by atoms with E-state index in [0.29, 0.717) is 10.7 Å². The maximum absolute atomic E-state index is 12.1. The minimum absolute atomic E-state index is 0.0676. The van der Waals surface area contributed by atoms with Crippen LogP contribution in [-0.2, 0) is 6.54 Å². The van der Waals surface area contributed by atoms with Crippen LogP contribution >= 0.6 is 34.8 Å². The Balaban J connectivity index is 1.51. The van der Waals surface area contributed by atoms with Gasteiger partial charge in [-0.15, -0.1) is 0 Å². The molecule has 2 heterocycles. The SMILES string of the molecule is Cc1c(Cl)c([N+](=O)[O-])nn1Cc1noc(C(=O)NCCNC(=O)c2ccc(Cl)cc2Cl)n1. The number of halogens is 3. The summed E-state index contributed by atoms with van der Waals surface area (Å²) in [7, 11) is 0. The summed E-state index contributed by atoms with van der Waals surface area (Å²) in [6.45, 7) is 1.64. The third-order valence-electron chi connectivity index (χ3n) is 4.11. The molecular weight excluding hydrogens is 489 g/mol. The minimum atomic E-state index is -0.708. The number of rotatable bonds is 8. The van der Waals surface area contributed by atoms with Gasteiger partial charge < -0.3 is 25.3 Å². The van der Waals surface area contributed by atoms with Crippen LogP contribution in [0.5, 0.6) is 0 Å². The Labute approximate surface area is 195 Å². The zero-order valence-electron chi connectivity index (χ0n) is 16.3. The van der Waals surface area contributed by atoms with Crippen LogP contribution in [0.3, 0.4) is 0 Å². The van der Waals surface area contributed by atoms with Gasteiger partial charge in [-0.25, -0.2) is 0 Å². The van der Waals surface area contributed by atoms with Gasteiger partial charge in [0.05, 0.1) is 21.4 Å².